The molecule has 0 spiro atoms. The topological polar surface area (TPSA) is 35.9 Å². The van der Waals surface area contributed by atoms with Crippen molar-refractivity contribution in [2.45, 2.75) is 6.92 Å². The summed E-state index contributed by atoms with van der Waals surface area (Å²) < 4.78 is 0. The van der Waals surface area contributed by atoms with E-state index in [1.54, 1.807) is 19.2 Å². The van der Waals surface area contributed by atoms with Crippen molar-refractivity contribution in [3.05, 3.63) is 41.6 Å². The lowest BCUT2D eigenvalue weighted by atomic mass is 10.3. The van der Waals surface area contributed by atoms with Gasteiger partial charge in [0, 0.05) is 22.6 Å². The first-order chi connectivity index (χ1) is 6.18. The number of benzene rings is 1. The molecule has 3 heteroatoms. The summed E-state index contributed by atoms with van der Waals surface area (Å²) in [4.78, 5) is 0. The van der Waals surface area contributed by atoms with Crippen LogP contribution >= 0.6 is 11.6 Å². The van der Waals surface area contributed by atoms with Gasteiger partial charge in [-0.3, -0.25) is 0 Å². The molecule has 0 aromatic heterocycles. The van der Waals surface area contributed by atoms with Crippen LogP contribution in [0, 0.1) is 5.41 Å². The molecule has 1 rings (SSSR count). The Balaban J connectivity index is 2.55. The maximum atomic E-state index is 7.15. The summed E-state index contributed by atoms with van der Waals surface area (Å²) in [5.41, 5.74) is 1.48. The molecule has 0 amide bonds. The number of hydrogen-bond donors (Lipinski definition) is 2. The standard InChI is InChI=1S/C10H11ClN2/c1-8(12)6-7-13-10-4-2-9(11)3-5-10/h2-7,12-13H,1H3/b7-6-,12-8?. The van der Waals surface area contributed by atoms with Gasteiger partial charge in [0.2, 0.25) is 0 Å². The molecule has 13 heavy (non-hydrogen) atoms. The zero-order chi connectivity index (χ0) is 9.68. The number of halogens is 1. The van der Waals surface area contributed by atoms with Gasteiger partial charge in [-0.2, -0.15) is 0 Å². The summed E-state index contributed by atoms with van der Waals surface area (Å²) in [5.74, 6) is 0. The first-order valence-corrected chi connectivity index (χ1v) is 4.30. The van der Waals surface area contributed by atoms with Crippen LogP contribution in [0.1, 0.15) is 6.92 Å². The second-order valence-corrected chi connectivity index (χ2v) is 3.10. The van der Waals surface area contributed by atoms with E-state index in [1.807, 2.05) is 24.3 Å². The highest BCUT2D eigenvalue weighted by Gasteiger charge is 1.87. The number of rotatable bonds is 3. The minimum Gasteiger partial charge on any atom is -0.362 e. The Hall–Kier alpha value is -1.28. The molecule has 68 valence electrons. The van der Waals surface area contributed by atoms with Gasteiger partial charge in [-0.15, -0.1) is 0 Å². The third kappa shape index (κ3) is 3.76. The number of anilines is 1. The van der Waals surface area contributed by atoms with Gasteiger partial charge in [-0.1, -0.05) is 11.6 Å². The van der Waals surface area contributed by atoms with Gasteiger partial charge in [0.05, 0.1) is 0 Å². The van der Waals surface area contributed by atoms with Crippen LogP contribution in [-0.2, 0) is 0 Å². The molecule has 1 aromatic rings. The van der Waals surface area contributed by atoms with E-state index in [9.17, 15) is 0 Å². The molecule has 0 saturated carbocycles. The van der Waals surface area contributed by atoms with Crippen molar-refractivity contribution >= 4 is 23.0 Å². The lowest BCUT2D eigenvalue weighted by Crippen LogP contribution is -1.88. The van der Waals surface area contributed by atoms with Gasteiger partial charge >= 0.3 is 0 Å². The Labute approximate surface area is 82.7 Å². The fraction of sp³-hybridized carbons (Fsp3) is 0.100. The van der Waals surface area contributed by atoms with Crippen LogP contribution in [0.4, 0.5) is 5.69 Å². The second-order valence-electron chi connectivity index (χ2n) is 2.67. The molecule has 0 bridgehead atoms. The summed E-state index contributed by atoms with van der Waals surface area (Å²) in [6.45, 7) is 1.72. The van der Waals surface area contributed by atoms with Crippen LogP contribution in [0.5, 0.6) is 0 Å². The second kappa shape index (κ2) is 4.67. The third-order valence-corrected chi connectivity index (χ3v) is 1.68. The largest absolute Gasteiger partial charge is 0.362 e. The van der Waals surface area contributed by atoms with E-state index in [0.717, 1.165) is 10.7 Å². The Kier molecular flexibility index (Phi) is 3.53. The number of nitrogens with one attached hydrogen (secondary N) is 2. The van der Waals surface area contributed by atoms with Crippen LogP contribution in [0.3, 0.4) is 0 Å². The van der Waals surface area contributed by atoms with E-state index in [4.69, 9.17) is 17.0 Å². The summed E-state index contributed by atoms with van der Waals surface area (Å²) >= 11 is 5.72. The molecule has 2 N–H and O–H groups in total. The van der Waals surface area contributed by atoms with E-state index in [2.05, 4.69) is 5.32 Å². The van der Waals surface area contributed by atoms with E-state index >= 15 is 0 Å². The van der Waals surface area contributed by atoms with Crippen LogP contribution < -0.4 is 5.32 Å². The molecule has 2 nitrogen and oxygen atoms in total. The Morgan fingerprint density at radius 2 is 2.00 bits per heavy atom. The lowest BCUT2D eigenvalue weighted by Gasteiger charge is -1.99. The van der Waals surface area contributed by atoms with Crippen LogP contribution in [-0.4, -0.2) is 5.71 Å². The molecule has 1 aromatic carbocycles. The SMILES string of the molecule is CC(=N)/C=C\Nc1ccc(Cl)cc1. The van der Waals surface area contributed by atoms with Gasteiger partial charge in [-0.05, 0) is 37.3 Å². The fourth-order valence-corrected chi connectivity index (χ4v) is 0.935. The molecular weight excluding hydrogens is 184 g/mol. The molecule has 0 aliphatic rings. The average Bonchev–Trinajstić information content (AvgIpc) is 2.08. The highest BCUT2D eigenvalue weighted by molar-refractivity contribution is 6.30. The van der Waals surface area contributed by atoms with Crippen molar-refractivity contribution in [3.8, 4) is 0 Å². The summed E-state index contributed by atoms with van der Waals surface area (Å²) in [7, 11) is 0. The van der Waals surface area contributed by atoms with Gasteiger partial charge in [-0.25, -0.2) is 0 Å². The predicted octanol–water partition coefficient (Wildman–Crippen LogP) is 3.31. The highest BCUT2D eigenvalue weighted by Crippen LogP contribution is 2.12. The van der Waals surface area contributed by atoms with E-state index in [0.29, 0.717) is 5.71 Å². The van der Waals surface area contributed by atoms with E-state index in [1.165, 1.54) is 0 Å². The first-order valence-electron chi connectivity index (χ1n) is 3.92. The minimum atomic E-state index is 0.515. The Morgan fingerprint density at radius 3 is 2.54 bits per heavy atom. The smallest absolute Gasteiger partial charge is 0.0407 e. The quantitative estimate of drug-likeness (QED) is 0.712. The Bertz CT molecular complexity index is 314. The Morgan fingerprint density at radius 1 is 1.38 bits per heavy atom. The van der Waals surface area contributed by atoms with Crippen molar-refractivity contribution in [3.63, 3.8) is 0 Å². The van der Waals surface area contributed by atoms with Crippen LogP contribution in [0.15, 0.2) is 36.5 Å². The van der Waals surface area contributed by atoms with Crippen molar-refractivity contribution in [1.82, 2.24) is 0 Å². The molecular formula is C10H11ClN2. The normalized spacial score (nSPS) is 10.3. The molecule has 0 saturated heterocycles. The number of allylic oxidation sites excluding steroid dienone is 1. The summed E-state index contributed by atoms with van der Waals surface area (Å²) in [5, 5.41) is 10.9. The lowest BCUT2D eigenvalue weighted by molar-refractivity contribution is 1.49. The zero-order valence-electron chi connectivity index (χ0n) is 7.34. The van der Waals surface area contributed by atoms with Gasteiger partial charge in [0.25, 0.3) is 0 Å². The molecule has 0 radical (unpaired) electrons. The number of hydrogen-bond acceptors (Lipinski definition) is 2. The minimum absolute atomic E-state index is 0.515. The molecule has 0 aliphatic carbocycles. The fourth-order valence-electron chi connectivity index (χ4n) is 0.809. The average molecular weight is 195 g/mol. The van der Waals surface area contributed by atoms with Crippen molar-refractivity contribution in [2.24, 2.45) is 0 Å². The van der Waals surface area contributed by atoms with Crippen molar-refractivity contribution in [1.29, 1.82) is 5.41 Å². The zero-order valence-corrected chi connectivity index (χ0v) is 8.10. The molecule has 0 heterocycles. The maximum absolute atomic E-state index is 7.15. The summed E-state index contributed by atoms with van der Waals surface area (Å²) in [6, 6.07) is 7.39. The van der Waals surface area contributed by atoms with E-state index < -0.39 is 0 Å². The maximum Gasteiger partial charge on any atom is 0.0407 e. The van der Waals surface area contributed by atoms with Crippen LogP contribution in [0.2, 0.25) is 5.02 Å². The summed E-state index contributed by atoms with van der Waals surface area (Å²) in [6.07, 6.45) is 3.42. The van der Waals surface area contributed by atoms with Gasteiger partial charge in [0.15, 0.2) is 0 Å². The monoisotopic (exact) mass is 194 g/mol. The van der Waals surface area contributed by atoms with Crippen molar-refractivity contribution < 1.29 is 0 Å². The first kappa shape index (κ1) is 9.81. The molecule has 0 unspecified atom stereocenters. The predicted molar refractivity (Wildman–Crippen MR) is 57.6 cm³/mol. The molecule has 0 fully saturated rings. The molecule has 0 atom stereocenters. The van der Waals surface area contributed by atoms with E-state index in [-0.39, 0.29) is 0 Å². The van der Waals surface area contributed by atoms with Gasteiger partial charge < -0.3 is 10.7 Å². The van der Waals surface area contributed by atoms with Crippen LogP contribution in [0.25, 0.3) is 0 Å². The highest BCUT2D eigenvalue weighted by atomic mass is 35.5. The van der Waals surface area contributed by atoms with Gasteiger partial charge in [0.1, 0.15) is 0 Å². The third-order valence-electron chi connectivity index (χ3n) is 1.43. The van der Waals surface area contributed by atoms with Crippen molar-refractivity contribution in [2.75, 3.05) is 5.32 Å². The molecule has 0 aliphatic heterocycles.